The fourth-order valence-corrected chi connectivity index (χ4v) is 2.82. The standard InChI is InChI=1S/C15H23NO/c1-10-7-8-13(15(17)9-10)12(3)16-14-6-4-5-11(14)2/h7-9,11-12,14,16-17H,4-6H2,1-3H3. The van der Waals surface area contributed by atoms with Crippen LogP contribution in [0.5, 0.6) is 5.75 Å². The summed E-state index contributed by atoms with van der Waals surface area (Å²) in [6.07, 6.45) is 3.91. The second-order valence-corrected chi connectivity index (χ2v) is 5.47. The van der Waals surface area contributed by atoms with E-state index in [2.05, 4.69) is 25.2 Å². The van der Waals surface area contributed by atoms with Crippen molar-refractivity contribution in [2.45, 2.75) is 52.1 Å². The van der Waals surface area contributed by atoms with Gasteiger partial charge in [0, 0.05) is 17.6 Å². The number of nitrogens with one attached hydrogen (secondary N) is 1. The lowest BCUT2D eigenvalue weighted by Crippen LogP contribution is -2.33. The molecular formula is C15H23NO. The summed E-state index contributed by atoms with van der Waals surface area (Å²) in [7, 11) is 0. The molecule has 2 N–H and O–H groups in total. The van der Waals surface area contributed by atoms with Gasteiger partial charge in [0.2, 0.25) is 0 Å². The Labute approximate surface area is 104 Å². The van der Waals surface area contributed by atoms with Crippen LogP contribution in [0.15, 0.2) is 18.2 Å². The van der Waals surface area contributed by atoms with Gasteiger partial charge in [-0.15, -0.1) is 0 Å². The number of benzene rings is 1. The number of hydrogen-bond donors (Lipinski definition) is 2. The number of phenolic OH excluding ortho intramolecular Hbond substituents is 1. The molecule has 0 saturated heterocycles. The second-order valence-electron chi connectivity index (χ2n) is 5.47. The van der Waals surface area contributed by atoms with E-state index in [9.17, 15) is 5.11 Å². The van der Waals surface area contributed by atoms with Crippen molar-refractivity contribution in [3.05, 3.63) is 29.3 Å². The Morgan fingerprint density at radius 1 is 1.35 bits per heavy atom. The van der Waals surface area contributed by atoms with E-state index >= 15 is 0 Å². The van der Waals surface area contributed by atoms with Crippen molar-refractivity contribution in [3.8, 4) is 5.75 Å². The van der Waals surface area contributed by atoms with Gasteiger partial charge in [0.15, 0.2) is 0 Å². The molecule has 94 valence electrons. The Bertz CT molecular complexity index is 389. The van der Waals surface area contributed by atoms with Crippen molar-refractivity contribution in [2.75, 3.05) is 0 Å². The molecule has 0 heterocycles. The smallest absolute Gasteiger partial charge is 0.120 e. The molecule has 17 heavy (non-hydrogen) atoms. The lowest BCUT2D eigenvalue weighted by molar-refractivity contribution is 0.378. The second kappa shape index (κ2) is 5.09. The molecule has 1 saturated carbocycles. The Balaban J connectivity index is 2.06. The summed E-state index contributed by atoms with van der Waals surface area (Å²) in [5.41, 5.74) is 2.11. The highest BCUT2D eigenvalue weighted by Crippen LogP contribution is 2.30. The summed E-state index contributed by atoms with van der Waals surface area (Å²) in [5.74, 6) is 1.17. The summed E-state index contributed by atoms with van der Waals surface area (Å²) in [4.78, 5) is 0. The third-order valence-corrected chi connectivity index (χ3v) is 3.98. The molecule has 1 aromatic carbocycles. The van der Waals surface area contributed by atoms with Gasteiger partial charge in [0.1, 0.15) is 5.75 Å². The first-order valence-electron chi connectivity index (χ1n) is 6.63. The van der Waals surface area contributed by atoms with Gasteiger partial charge in [-0.1, -0.05) is 25.5 Å². The monoisotopic (exact) mass is 233 g/mol. The summed E-state index contributed by atoms with van der Waals surface area (Å²) in [6.45, 7) is 6.45. The van der Waals surface area contributed by atoms with E-state index in [1.807, 2.05) is 19.1 Å². The summed E-state index contributed by atoms with van der Waals surface area (Å²) < 4.78 is 0. The zero-order valence-electron chi connectivity index (χ0n) is 11.0. The highest BCUT2D eigenvalue weighted by Gasteiger charge is 2.25. The minimum atomic E-state index is 0.223. The molecule has 0 radical (unpaired) electrons. The van der Waals surface area contributed by atoms with Gasteiger partial charge in [-0.25, -0.2) is 0 Å². The number of aromatic hydroxyl groups is 1. The first-order valence-corrected chi connectivity index (χ1v) is 6.63. The minimum Gasteiger partial charge on any atom is -0.508 e. The fraction of sp³-hybridized carbons (Fsp3) is 0.600. The van der Waals surface area contributed by atoms with Crippen LogP contribution in [0.25, 0.3) is 0 Å². The zero-order valence-corrected chi connectivity index (χ0v) is 11.0. The Kier molecular flexibility index (Phi) is 3.72. The molecule has 0 aromatic heterocycles. The van der Waals surface area contributed by atoms with E-state index in [4.69, 9.17) is 0 Å². The van der Waals surface area contributed by atoms with E-state index in [-0.39, 0.29) is 6.04 Å². The van der Waals surface area contributed by atoms with Crippen LogP contribution in [-0.2, 0) is 0 Å². The molecule has 2 heteroatoms. The number of rotatable bonds is 3. The van der Waals surface area contributed by atoms with Crippen molar-refractivity contribution in [2.24, 2.45) is 5.92 Å². The Morgan fingerprint density at radius 3 is 2.71 bits per heavy atom. The van der Waals surface area contributed by atoms with Gasteiger partial charge in [0.05, 0.1) is 0 Å². The van der Waals surface area contributed by atoms with Crippen LogP contribution in [0.4, 0.5) is 0 Å². The minimum absolute atomic E-state index is 0.223. The van der Waals surface area contributed by atoms with Gasteiger partial charge in [-0.05, 0) is 44.2 Å². The molecule has 0 amide bonds. The maximum Gasteiger partial charge on any atom is 0.120 e. The summed E-state index contributed by atoms with van der Waals surface area (Å²) in [6, 6.07) is 6.76. The molecule has 1 aromatic rings. The topological polar surface area (TPSA) is 32.3 Å². The van der Waals surface area contributed by atoms with Crippen LogP contribution in [0.1, 0.15) is 50.3 Å². The van der Waals surface area contributed by atoms with Gasteiger partial charge in [0.25, 0.3) is 0 Å². The number of phenols is 1. The summed E-state index contributed by atoms with van der Waals surface area (Å²) >= 11 is 0. The van der Waals surface area contributed by atoms with Crippen LogP contribution in [0, 0.1) is 12.8 Å². The average molecular weight is 233 g/mol. The van der Waals surface area contributed by atoms with Crippen molar-refractivity contribution in [3.63, 3.8) is 0 Å². The maximum atomic E-state index is 9.96. The lowest BCUT2D eigenvalue weighted by Gasteiger charge is -2.23. The number of aryl methyl sites for hydroxylation is 1. The molecule has 0 aliphatic heterocycles. The predicted molar refractivity (Wildman–Crippen MR) is 71.2 cm³/mol. The Morgan fingerprint density at radius 2 is 2.12 bits per heavy atom. The highest BCUT2D eigenvalue weighted by atomic mass is 16.3. The van der Waals surface area contributed by atoms with Crippen molar-refractivity contribution >= 4 is 0 Å². The Hall–Kier alpha value is -1.02. The van der Waals surface area contributed by atoms with E-state index in [1.54, 1.807) is 0 Å². The fourth-order valence-electron chi connectivity index (χ4n) is 2.82. The number of hydrogen-bond acceptors (Lipinski definition) is 2. The molecule has 2 rings (SSSR count). The third kappa shape index (κ3) is 2.81. The quantitative estimate of drug-likeness (QED) is 0.837. The van der Waals surface area contributed by atoms with Crippen molar-refractivity contribution in [1.29, 1.82) is 0 Å². The van der Waals surface area contributed by atoms with E-state index in [0.29, 0.717) is 11.8 Å². The van der Waals surface area contributed by atoms with Crippen LogP contribution in [-0.4, -0.2) is 11.1 Å². The highest BCUT2D eigenvalue weighted by molar-refractivity contribution is 5.37. The molecule has 3 unspecified atom stereocenters. The first kappa shape index (κ1) is 12.4. The van der Waals surface area contributed by atoms with Gasteiger partial charge < -0.3 is 10.4 Å². The van der Waals surface area contributed by atoms with Crippen LogP contribution in [0.2, 0.25) is 0 Å². The van der Waals surface area contributed by atoms with E-state index in [0.717, 1.165) is 17.0 Å². The lowest BCUT2D eigenvalue weighted by atomic mass is 10.0. The molecule has 1 aliphatic rings. The summed E-state index contributed by atoms with van der Waals surface area (Å²) in [5, 5.41) is 13.6. The van der Waals surface area contributed by atoms with E-state index < -0.39 is 0 Å². The third-order valence-electron chi connectivity index (χ3n) is 3.98. The van der Waals surface area contributed by atoms with Gasteiger partial charge in [-0.2, -0.15) is 0 Å². The average Bonchev–Trinajstić information content (AvgIpc) is 2.64. The van der Waals surface area contributed by atoms with Gasteiger partial charge >= 0.3 is 0 Å². The first-order chi connectivity index (χ1) is 8.08. The molecule has 3 atom stereocenters. The van der Waals surface area contributed by atoms with Crippen molar-refractivity contribution < 1.29 is 5.11 Å². The molecule has 0 bridgehead atoms. The predicted octanol–water partition coefficient (Wildman–Crippen LogP) is 3.54. The largest absolute Gasteiger partial charge is 0.508 e. The zero-order chi connectivity index (χ0) is 12.4. The molecule has 1 fully saturated rings. The SMILES string of the molecule is Cc1ccc(C(C)NC2CCCC2C)c(O)c1. The van der Waals surface area contributed by atoms with Gasteiger partial charge in [-0.3, -0.25) is 0 Å². The molecule has 1 aliphatic carbocycles. The molecular weight excluding hydrogens is 210 g/mol. The van der Waals surface area contributed by atoms with Crippen LogP contribution < -0.4 is 5.32 Å². The van der Waals surface area contributed by atoms with Crippen LogP contribution >= 0.6 is 0 Å². The van der Waals surface area contributed by atoms with Crippen LogP contribution in [0.3, 0.4) is 0 Å². The van der Waals surface area contributed by atoms with E-state index in [1.165, 1.54) is 19.3 Å². The molecule has 2 nitrogen and oxygen atoms in total. The van der Waals surface area contributed by atoms with Crippen molar-refractivity contribution in [1.82, 2.24) is 5.32 Å². The normalized spacial score (nSPS) is 26.1. The molecule has 0 spiro atoms. The maximum absolute atomic E-state index is 9.96.